The van der Waals surface area contributed by atoms with Crippen LogP contribution in [0.25, 0.3) is 11.1 Å². The number of rotatable bonds is 9. The third kappa shape index (κ3) is 5.07. The Balaban J connectivity index is 1.24. The molecule has 1 aromatic heterocycles. The second-order valence-corrected chi connectivity index (χ2v) is 11.4. The molecule has 3 atom stereocenters. The molecule has 43 heavy (non-hydrogen) atoms. The molecule has 13 heteroatoms. The van der Waals surface area contributed by atoms with Crippen molar-refractivity contribution in [3.63, 3.8) is 0 Å². The molecule has 228 valence electrons. The van der Waals surface area contributed by atoms with Gasteiger partial charge in [0.25, 0.3) is 0 Å². The molecule has 0 amide bonds. The van der Waals surface area contributed by atoms with E-state index in [0.717, 1.165) is 11.1 Å². The van der Waals surface area contributed by atoms with Crippen LogP contribution < -0.4 is 9.47 Å². The lowest BCUT2D eigenvalue weighted by molar-refractivity contribution is -0.184. The average molecular weight is 610 g/mol. The molecule has 0 bridgehead atoms. The van der Waals surface area contributed by atoms with Gasteiger partial charge in [0.2, 0.25) is 5.88 Å². The fourth-order valence-electron chi connectivity index (χ4n) is 6.23. The Labute approximate surface area is 241 Å². The maximum atomic E-state index is 15.1. The van der Waals surface area contributed by atoms with E-state index < -0.39 is 75.4 Å². The van der Waals surface area contributed by atoms with Gasteiger partial charge < -0.3 is 24.4 Å². The van der Waals surface area contributed by atoms with E-state index in [0.29, 0.717) is 24.6 Å². The number of alkyl halides is 3. The third-order valence-corrected chi connectivity index (χ3v) is 8.69. The first-order valence-corrected chi connectivity index (χ1v) is 13.4. The van der Waals surface area contributed by atoms with Crippen LogP contribution in [0.2, 0.25) is 0 Å². The number of carbonyl (C=O) groups is 1. The van der Waals surface area contributed by atoms with Gasteiger partial charge in [-0.2, -0.15) is 13.2 Å². The van der Waals surface area contributed by atoms with Gasteiger partial charge in [-0.1, -0.05) is 6.92 Å². The number of carboxylic acid groups (broad SMARTS) is 1. The molecule has 3 aromatic rings. The molecule has 1 saturated heterocycles. The van der Waals surface area contributed by atoms with Gasteiger partial charge in [-0.25, -0.2) is 18.2 Å². The molecule has 1 aliphatic heterocycles. The first-order chi connectivity index (χ1) is 20.2. The summed E-state index contributed by atoms with van der Waals surface area (Å²) in [7, 11) is 0. The second-order valence-electron chi connectivity index (χ2n) is 11.4. The van der Waals surface area contributed by atoms with Gasteiger partial charge in [0, 0.05) is 47.4 Å². The molecule has 2 aliphatic carbocycles. The SMILES string of the molecule is CC12c3cnc(OCc4cc(-c5c(F)cc(OCCC6(O)COC6)cc5F)c(C(F)(F)F)cc4F)cc3C[C@H]1[C@@H]2C(=O)O. The van der Waals surface area contributed by atoms with Gasteiger partial charge in [0.15, 0.2) is 0 Å². The Morgan fingerprint density at radius 1 is 1.07 bits per heavy atom. The molecule has 2 fully saturated rings. The predicted molar refractivity (Wildman–Crippen MR) is 137 cm³/mol. The zero-order chi connectivity index (χ0) is 30.9. The molecular weight excluding hydrogens is 584 g/mol. The van der Waals surface area contributed by atoms with Crippen LogP contribution in [0.15, 0.2) is 36.5 Å². The molecule has 2 N–H and O–H groups in total. The Kier molecular flexibility index (Phi) is 6.88. The van der Waals surface area contributed by atoms with Gasteiger partial charge >= 0.3 is 12.1 Å². The number of hydrogen-bond donors (Lipinski definition) is 2. The van der Waals surface area contributed by atoms with Crippen molar-refractivity contribution in [1.82, 2.24) is 4.98 Å². The fraction of sp³-hybridized carbons (Fsp3) is 0.400. The molecule has 2 heterocycles. The molecule has 7 nitrogen and oxygen atoms in total. The number of carboxylic acids is 1. The normalized spacial score (nSPS) is 23.3. The number of aliphatic carboxylic acids is 1. The molecule has 0 radical (unpaired) electrons. The van der Waals surface area contributed by atoms with E-state index in [-0.39, 0.29) is 49.9 Å². The Morgan fingerprint density at radius 2 is 1.77 bits per heavy atom. The third-order valence-electron chi connectivity index (χ3n) is 8.69. The van der Waals surface area contributed by atoms with Crippen molar-refractivity contribution in [2.75, 3.05) is 19.8 Å². The minimum atomic E-state index is -5.14. The maximum Gasteiger partial charge on any atom is 0.417 e. The number of hydrogen-bond acceptors (Lipinski definition) is 6. The van der Waals surface area contributed by atoms with Crippen LogP contribution in [0.3, 0.4) is 0 Å². The highest BCUT2D eigenvalue weighted by Gasteiger charge is 2.69. The van der Waals surface area contributed by atoms with Crippen molar-refractivity contribution in [1.29, 1.82) is 0 Å². The molecule has 1 saturated carbocycles. The van der Waals surface area contributed by atoms with Crippen LogP contribution in [0.5, 0.6) is 11.6 Å². The van der Waals surface area contributed by atoms with Gasteiger partial charge in [-0.15, -0.1) is 0 Å². The largest absolute Gasteiger partial charge is 0.493 e. The molecule has 2 aromatic carbocycles. The van der Waals surface area contributed by atoms with Gasteiger partial charge in [0.05, 0.1) is 36.9 Å². The highest BCUT2D eigenvalue weighted by Crippen LogP contribution is 2.66. The zero-order valence-electron chi connectivity index (χ0n) is 22.6. The lowest BCUT2D eigenvalue weighted by Crippen LogP contribution is -2.50. The Hall–Kier alpha value is -3.84. The van der Waals surface area contributed by atoms with Crippen molar-refractivity contribution in [2.45, 2.75) is 43.6 Å². The van der Waals surface area contributed by atoms with E-state index in [2.05, 4.69) is 4.98 Å². The Bertz CT molecular complexity index is 1600. The summed E-state index contributed by atoms with van der Waals surface area (Å²) in [5, 5.41) is 19.4. The summed E-state index contributed by atoms with van der Waals surface area (Å²) < 4.78 is 103. The number of nitrogens with zero attached hydrogens (tertiary/aromatic N) is 1. The summed E-state index contributed by atoms with van der Waals surface area (Å²) in [5.74, 6) is -5.77. The summed E-state index contributed by atoms with van der Waals surface area (Å²) in [6.45, 7) is 1.30. The first kappa shape index (κ1) is 29.2. The predicted octanol–water partition coefficient (Wildman–Crippen LogP) is 5.44. The van der Waals surface area contributed by atoms with Crippen molar-refractivity contribution in [3.8, 4) is 22.8 Å². The molecule has 1 unspecified atom stereocenters. The molecule has 3 aliphatic rings. The summed E-state index contributed by atoms with van der Waals surface area (Å²) in [6.07, 6.45) is -3.07. The van der Waals surface area contributed by atoms with Crippen molar-refractivity contribution in [2.24, 2.45) is 11.8 Å². The molecule has 0 spiro atoms. The number of pyridine rings is 1. The van der Waals surface area contributed by atoms with E-state index in [1.54, 1.807) is 6.07 Å². The van der Waals surface area contributed by atoms with E-state index in [4.69, 9.17) is 14.2 Å². The topological polar surface area (TPSA) is 98.1 Å². The number of benzene rings is 2. The smallest absolute Gasteiger partial charge is 0.417 e. The monoisotopic (exact) mass is 609 g/mol. The van der Waals surface area contributed by atoms with Crippen molar-refractivity contribution >= 4 is 5.97 Å². The minimum absolute atomic E-state index is 0.0355. The number of halogens is 6. The number of aliphatic hydroxyl groups is 1. The van der Waals surface area contributed by atoms with Crippen LogP contribution in [0.1, 0.15) is 35.6 Å². The van der Waals surface area contributed by atoms with Gasteiger partial charge in [-0.05, 0) is 35.6 Å². The number of fused-ring (bicyclic) bond motifs is 3. The van der Waals surface area contributed by atoms with Crippen LogP contribution in [-0.4, -0.2) is 46.6 Å². The molecule has 6 rings (SSSR count). The lowest BCUT2D eigenvalue weighted by Gasteiger charge is -2.36. The minimum Gasteiger partial charge on any atom is -0.493 e. The van der Waals surface area contributed by atoms with Gasteiger partial charge in [0.1, 0.15) is 35.4 Å². The standard InChI is InChI=1S/C30H25F6NO6/c1-28-19(26(28)27(38)39)5-14-6-24(37-10-20(14)28)43-11-15-4-17(18(9-21(15)31)30(34,35)36)25-22(32)7-16(8-23(25)33)42-3-2-29(40)12-41-13-29/h4,6-10,19,26,40H,2-3,5,11-13H2,1H3,(H,38,39)/t19-,26+,28?/m0/s1. The second kappa shape index (κ2) is 10.1. The summed E-state index contributed by atoms with van der Waals surface area (Å²) in [6, 6.07) is 3.85. The number of aromatic nitrogens is 1. The summed E-state index contributed by atoms with van der Waals surface area (Å²) >= 11 is 0. The quantitative estimate of drug-likeness (QED) is 0.312. The van der Waals surface area contributed by atoms with E-state index in [9.17, 15) is 32.6 Å². The van der Waals surface area contributed by atoms with Crippen molar-refractivity contribution in [3.05, 3.63) is 76.2 Å². The highest BCUT2D eigenvalue weighted by molar-refractivity contribution is 5.80. The zero-order valence-corrected chi connectivity index (χ0v) is 22.6. The maximum absolute atomic E-state index is 15.1. The molecular formula is C30H25F6NO6. The van der Waals surface area contributed by atoms with Crippen LogP contribution in [0.4, 0.5) is 26.3 Å². The lowest BCUT2D eigenvalue weighted by atomic mass is 9.95. The van der Waals surface area contributed by atoms with Crippen LogP contribution in [0, 0.1) is 29.3 Å². The van der Waals surface area contributed by atoms with Gasteiger partial charge in [-0.3, -0.25) is 4.79 Å². The van der Waals surface area contributed by atoms with E-state index in [1.165, 1.54) is 6.20 Å². The fourth-order valence-corrected chi connectivity index (χ4v) is 6.23. The summed E-state index contributed by atoms with van der Waals surface area (Å²) in [4.78, 5) is 15.7. The van der Waals surface area contributed by atoms with Crippen LogP contribution >= 0.6 is 0 Å². The van der Waals surface area contributed by atoms with E-state index >= 15 is 8.78 Å². The highest BCUT2D eigenvalue weighted by atomic mass is 19.4. The average Bonchev–Trinajstić information content (AvgIpc) is 3.39. The first-order valence-electron chi connectivity index (χ1n) is 13.4. The Morgan fingerprint density at radius 3 is 2.37 bits per heavy atom. The number of ether oxygens (including phenoxy) is 3. The van der Waals surface area contributed by atoms with E-state index in [1.807, 2.05) is 6.92 Å². The van der Waals surface area contributed by atoms with Crippen molar-refractivity contribution < 1.29 is 55.6 Å². The summed E-state index contributed by atoms with van der Waals surface area (Å²) in [5.41, 5.74) is -4.00. The van der Waals surface area contributed by atoms with Crippen LogP contribution in [-0.2, 0) is 34.2 Å².